The lowest BCUT2D eigenvalue weighted by Gasteiger charge is -2.41. The number of esters is 1. The second-order valence-electron chi connectivity index (χ2n) is 11.3. The van der Waals surface area contributed by atoms with Gasteiger partial charge in [0.1, 0.15) is 24.1 Å². The van der Waals surface area contributed by atoms with Crippen molar-refractivity contribution in [1.82, 2.24) is 4.90 Å². The van der Waals surface area contributed by atoms with Crippen LogP contribution in [-0.2, 0) is 33.9 Å². The molecule has 0 bridgehead atoms. The highest BCUT2D eigenvalue weighted by Crippen LogP contribution is 2.43. The molecule has 0 spiro atoms. The third kappa shape index (κ3) is 6.25. The van der Waals surface area contributed by atoms with Crippen molar-refractivity contribution in [3.05, 3.63) is 123 Å². The molecule has 6 rings (SSSR count). The van der Waals surface area contributed by atoms with Crippen molar-refractivity contribution >= 4 is 40.8 Å². The van der Waals surface area contributed by atoms with Gasteiger partial charge < -0.3 is 19.1 Å². The van der Waals surface area contributed by atoms with E-state index in [-0.39, 0.29) is 17.9 Å². The van der Waals surface area contributed by atoms with Gasteiger partial charge >= 0.3 is 5.97 Å². The minimum absolute atomic E-state index is 0.0369. The van der Waals surface area contributed by atoms with Crippen molar-refractivity contribution in [3.63, 3.8) is 0 Å². The molecule has 0 radical (unpaired) electrons. The maximum Gasteiger partial charge on any atom is 0.323 e. The normalized spacial score (nSPS) is 18.4. The number of methoxy groups -OCH3 is 1. The van der Waals surface area contributed by atoms with Gasteiger partial charge in [-0.25, -0.2) is 0 Å². The molecule has 0 fully saturated rings. The van der Waals surface area contributed by atoms with Crippen LogP contribution in [0, 0.1) is 0 Å². The third-order valence-electron chi connectivity index (χ3n) is 8.63. The van der Waals surface area contributed by atoms with Crippen molar-refractivity contribution in [2.24, 2.45) is 0 Å². The summed E-state index contributed by atoms with van der Waals surface area (Å²) in [5, 5.41) is 0.970. The summed E-state index contributed by atoms with van der Waals surface area (Å²) in [6.07, 6.45) is 0.508. The minimum atomic E-state index is -0.806. The van der Waals surface area contributed by atoms with Gasteiger partial charge in [0.15, 0.2) is 0 Å². The molecule has 2 aliphatic rings. The number of ether oxygens (including phenoxy) is 3. The lowest BCUT2D eigenvalue weighted by molar-refractivity contribution is -0.149. The van der Waals surface area contributed by atoms with E-state index in [0.717, 1.165) is 34.2 Å². The fraction of sp³-hybridized carbons (Fsp3) is 0.278. The fourth-order valence-corrected chi connectivity index (χ4v) is 6.54. The lowest BCUT2D eigenvalue weighted by atomic mass is 9.89. The summed E-state index contributed by atoms with van der Waals surface area (Å²) in [5.41, 5.74) is 5.53. The average molecular weight is 646 g/mol. The second-order valence-corrected chi connectivity index (χ2v) is 12.2. The number of anilines is 1. The number of halogens is 2. The van der Waals surface area contributed by atoms with Gasteiger partial charge in [0.2, 0.25) is 6.10 Å². The highest BCUT2D eigenvalue weighted by atomic mass is 35.5. The molecule has 0 aromatic heterocycles. The molecule has 9 heteroatoms. The number of fused-ring (bicyclic) bond motifs is 2. The molecule has 2 aliphatic heterocycles. The quantitative estimate of drug-likeness (QED) is 0.183. The number of benzene rings is 4. The Hall–Kier alpha value is -4.04. The van der Waals surface area contributed by atoms with E-state index in [2.05, 4.69) is 24.0 Å². The van der Waals surface area contributed by atoms with Crippen molar-refractivity contribution in [2.75, 3.05) is 19.1 Å². The van der Waals surface area contributed by atoms with Gasteiger partial charge in [0, 0.05) is 25.2 Å². The largest absolute Gasteiger partial charge is 0.489 e. The van der Waals surface area contributed by atoms with Crippen molar-refractivity contribution in [2.45, 2.75) is 51.1 Å². The van der Waals surface area contributed by atoms with Crippen LogP contribution in [-0.4, -0.2) is 37.0 Å². The Kier molecular flexibility index (Phi) is 9.04. The molecule has 1 amide bonds. The summed E-state index contributed by atoms with van der Waals surface area (Å²) in [6.45, 7) is 3.01. The van der Waals surface area contributed by atoms with E-state index in [1.807, 2.05) is 60.7 Å². The summed E-state index contributed by atoms with van der Waals surface area (Å²) in [6, 6.07) is 26.6. The van der Waals surface area contributed by atoms with Crippen molar-refractivity contribution in [3.8, 4) is 11.5 Å². The Morgan fingerprint density at radius 1 is 0.978 bits per heavy atom. The predicted molar refractivity (Wildman–Crippen MR) is 175 cm³/mol. The van der Waals surface area contributed by atoms with E-state index in [1.165, 1.54) is 7.11 Å². The smallest absolute Gasteiger partial charge is 0.323 e. The first-order valence-corrected chi connectivity index (χ1v) is 15.7. The minimum Gasteiger partial charge on any atom is -0.489 e. The van der Waals surface area contributed by atoms with Crippen LogP contribution in [0.5, 0.6) is 11.5 Å². The van der Waals surface area contributed by atoms with Gasteiger partial charge in [-0.05, 0) is 71.5 Å². The van der Waals surface area contributed by atoms with Gasteiger partial charge in [0.25, 0.3) is 5.91 Å². The highest BCUT2D eigenvalue weighted by molar-refractivity contribution is 6.42. The van der Waals surface area contributed by atoms with Gasteiger partial charge in [0.05, 0.1) is 22.8 Å². The highest BCUT2D eigenvalue weighted by Gasteiger charge is 2.39. The van der Waals surface area contributed by atoms with Crippen molar-refractivity contribution < 1.29 is 23.8 Å². The summed E-state index contributed by atoms with van der Waals surface area (Å²) in [7, 11) is 3.19. The average Bonchev–Trinajstić information content (AvgIpc) is 3.06. The Balaban J connectivity index is 1.24. The number of hydrogen-bond donors (Lipinski definition) is 0. The van der Waals surface area contributed by atoms with Crippen molar-refractivity contribution in [1.29, 1.82) is 0 Å². The SMILES string of the molecule is CC[C@H](c1ccccc1)N1Cc2cc3c(cc2C[C@H]1C(=O)OC)N(C)C(=O)[C@H](c1ccc(OCc2ccc(Cl)c(Cl)c2)cc1)O3. The number of carbonyl (C=O) groups excluding carboxylic acids is 2. The zero-order valence-corrected chi connectivity index (χ0v) is 26.8. The van der Waals surface area contributed by atoms with E-state index >= 15 is 0 Å². The molecule has 0 N–H and O–H groups in total. The fourth-order valence-electron chi connectivity index (χ4n) is 6.22. The molecule has 3 atom stereocenters. The maximum absolute atomic E-state index is 13.5. The molecule has 0 aliphatic carbocycles. The molecule has 7 nitrogen and oxygen atoms in total. The van der Waals surface area contributed by atoms with E-state index in [1.54, 1.807) is 24.1 Å². The molecule has 4 aromatic rings. The standard InChI is InChI=1S/C36H34Cl2N2O5/c1-4-30(23-8-6-5-7-9-23)40-20-26-19-33-31(17-25(26)18-32(40)36(42)43-3)39(2)35(41)34(45-33)24-11-13-27(14-12-24)44-21-22-10-15-28(37)29(38)16-22/h5-17,19,30,32,34H,4,18,20-21H2,1-3H3/t30-,32+,34+/m1/s1. The number of rotatable bonds is 8. The van der Waals surface area contributed by atoms with E-state index in [0.29, 0.717) is 46.8 Å². The lowest BCUT2D eigenvalue weighted by Crippen LogP contribution is -2.48. The van der Waals surface area contributed by atoms with E-state index in [9.17, 15) is 9.59 Å². The molecule has 4 aromatic carbocycles. The van der Waals surface area contributed by atoms with Crippen LogP contribution in [0.1, 0.15) is 53.3 Å². The van der Waals surface area contributed by atoms with Gasteiger partial charge in [-0.2, -0.15) is 0 Å². The van der Waals surface area contributed by atoms with Crippen LogP contribution >= 0.6 is 23.2 Å². The van der Waals surface area contributed by atoms with Crippen LogP contribution in [0.3, 0.4) is 0 Å². The van der Waals surface area contributed by atoms with Crippen LogP contribution < -0.4 is 14.4 Å². The monoisotopic (exact) mass is 644 g/mol. The molecule has 232 valence electrons. The van der Waals surface area contributed by atoms with E-state index < -0.39 is 12.1 Å². The Bertz CT molecular complexity index is 1710. The topological polar surface area (TPSA) is 68.3 Å². The zero-order chi connectivity index (χ0) is 31.7. The van der Waals surface area contributed by atoms with Crippen LogP contribution in [0.2, 0.25) is 10.0 Å². The molecular weight excluding hydrogens is 611 g/mol. The van der Waals surface area contributed by atoms with Crippen LogP contribution in [0.15, 0.2) is 84.9 Å². The number of likely N-dealkylation sites (N-methyl/N-ethyl adjacent to an activating group) is 1. The summed E-state index contributed by atoms with van der Waals surface area (Å²) >= 11 is 12.1. The third-order valence-corrected chi connectivity index (χ3v) is 9.36. The Labute approximate surface area is 273 Å². The van der Waals surface area contributed by atoms with Crippen LogP contribution in [0.4, 0.5) is 5.69 Å². The second kappa shape index (κ2) is 13.1. The predicted octanol–water partition coefficient (Wildman–Crippen LogP) is 7.72. The molecule has 45 heavy (non-hydrogen) atoms. The maximum atomic E-state index is 13.5. The molecule has 0 saturated heterocycles. The Morgan fingerprint density at radius 3 is 2.42 bits per heavy atom. The van der Waals surface area contributed by atoms with E-state index in [4.69, 9.17) is 37.4 Å². The van der Waals surface area contributed by atoms with Gasteiger partial charge in [-0.1, -0.05) is 78.7 Å². The molecular formula is C36H34Cl2N2O5. The number of hydrogen-bond acceptors (Lipinski definition) is 6. The number of amides is 1. The number of carbonyl (C=O) groups is 2. The first kappa shape index (κ1) is 31.0. The first-order chi connectivity index (χ1) is 21.8. The first-order valence-electron chi connectivity index (χ1n) is 14.9. The zero-order valence-electron chi connectivity index (χ0n) is 25.3. The molecule has 0 unspecified atom stereocenters. The van der Waals surface area contributed by atoms with Gasteiger partial charge in [-0.15, -0.1) is 0 Å². The van der Waals surface area contributed by atoms with Gasteiger partial charge in [-0.3, -0.25) is 14.5 Å². The van der Waals surface area contributed by atoms with Crippen LogP contribution in [0.25, 0.3) is 0 Å². The molecule has 0 saturated carbocycles. The summed E-state index contributed by atoms with van der Waals surface area (Å²) in [4.78, 5) is 30.4. The molecule has 2 heterocycles. The summed E-state index contributed by atoms with van der Waals surface area (Å²) in [5.74, 6) is 0.840. The summed E-state index contributed by atoms with van der Waals surface area (Å²) < 4.78 is 17.6. The number of nitrogens with zero attached hydrogens (tertiary/aromatic N) is 2. The Morgan fingerprint density at radius 2 is 1.73 bits per heavy atom.